The summed E-state index contributed by atoms with van der Waals surface area (Å²) in [7, 11) is 0.272. The molecule has 0 amide bonds. The Hall–Kier alpha value is -2.60. The summed E-state index contributed by atoms with van der Waals surface area (Å²) in [6.45, 7) is 0. The van der Waals surface area contributed by atoms with Gasteiger partial charge in [-0.2, -0.15) is 0 Å². The van der Waals surface area contributed by atoms with Crippen molar-refractivity contribution in [2.24, 2.45) is 7.05 Å². The van der Waals surface area contributed by atoms with Crippen LogP contribution in [0.1, 0.15) is 10.5 Å². The number of carbonyl (C=O) groups is 1. The summed E-state index contributed by atoms with van der Waals surface area (Å²) in [5.41, 5.74) is 1.19. The first kappa shape index (κ1) is 15.3. The largest absolute Gasteiger partial charge is 0.506 e. The number of nitrogens with zero attached hydrogens (tertiary/aromatic N) is 1. The molecular weight excluding hydrogens is 314 g/mol. The minimum absolute atomic E-state index is 0.0768. The van der Waals surface area contributed by atoms with E-state index in [9.17, 15) is 19.2 Å². The molecule has 23 heavy (non-hydrogen) atoms. The second-order valence-electron chi connectivity index (χ2n) is 5.30. The molecule has 0 aliphatic rings. The Bertz CT molecular complexity index is 959. The fourth-order valence-electron chi connectivity index (χ4n) is 2.74. The van der Waals surface area contributed by atoms with Crippen molar-refractivity contribution in [3.63, 3.8) is 0 Å². The van der Waals surface area contributed by atoms with Gasteiger partial charge in [0.2, 0.25) is 0 Å². The number of aromatic nitrogens is 1. The van der Waals surface area contributed by atoms with E-state index < -0.39 is 16.8 Å². The second-order valence-corrected chi connectivity index (χ2v) is 6.65. The summed E-state index contributed by atoms with van der Waals surface area (Å²) in [6, 6.07) is 10.6. The maximum absolute atomic E-state index is 11.9. The van der Waals surface area contributed by atoms with Gasteiger partial charge in [0.05, 0.1) is 15.7 Å². The van der Waals surface area contributed by atoms with Crippen molar-refractivity contribution < 1.29 is 19.2 Å². The predicted octanol–water partition coefficient (Wildman–Crippen LogP) is 2.99. The second kappa shape index (κ2) is 5.55. The van der Waals surface area contributed by atoms with Gasteiger partial charge in [-0.25, -0.2) is 4.79 Å². The average Bonchev–Trinajstić information content (AvgIpc) is 2.88. The number of carboxylic acid groups (broad SMARTS) is 1. The van der Waals surface area contributed by atoms with Crippen LogP contribution >= 0.6 is 0 Å². The molecule has 2 aromatic carbocycles. The smallest absolute Gasteiger partial charge is 0.352 e. The summed E-state index contributed by atoms with van der Waals surface area (Å²) in [5.74, 6) is -1.12. The van der Waals surface area contributed by atoms with E-state index in [1.807, 2.05) is 24.3 Å². The third-order valence-electron chi connectivity index (χ3n) is 3.81. The Morgan fingerprint density at radius 2 is 1.91 bits per heavy atom. The van der Waals surface area contributed by atoms with Crippen LogP contribution in [0.25, 0.3) is 21.9 Å². The first-order chi connectivity index (χ1) is 10.9. The molecule has 2 N–H and O–H groups in total. The normalized spacial score (nSPS) is 12.4. The van der Waals surface area contributed by atoms with Crippen molar-refractivity contribution in [2.75, 3.05) is 6.26 Å². The fraction of sp³-hybridized carbons (Fsp3) is 0.118. The Labute approximate surface area is 135 Å². The van der Waals surface area contributed by atoms with Crippen LogP contribution in [0.15, 0.2) is 47.5 Å². The molecule has 0 aliphatic carbocycles. The molecule has 1 unspecified atom stereocenters. The van der Waals surface area contributed by atoms with E-state index in [1.54, 1.807) is 19.3 Å². The minimum Gasteiger partial charge on any atom is -0.506 e. The van der Waals surface area contributed by atoms with E-state index in [-0.39, 0.29) is 11.4 Å². The van der Waals surface area contributed by atoms with Crippen molar-refractivity contribution in [2.45, 2.75) is 4.90 Å². The monoisotopic (exact) mass is 329 g/mol. The Balaban J connectivity index is 2.40. The van der Waals surface area contributed by atoms with Gasteiger partial charge < -0.3 is 14.8 Å². The van der Waals surface area contributed by atoms with Gasteiger partial charge in [-0.3, -0.25) is 4.21 Å². The molecule has 1 aromatic heterocycles. The molecule has 0 radical (unpaired) electrons. The van der Waals surface area contributed by atoms with Crippen LogP contribution in [0, 0.1) is 0 Å². The zero-order chi connectivity index (χ0) is 16.7. The number of carboxylic acids is 1. The SMILES string of the molecule is Cn1cc(-c2c(O)c(S(C)=O)cc3ccccc23)cc1C(=O)O. The number of phenols is 1. The Morgan fingerprint density at radius 3 is 2.52 bits per heavy atom. The van der Waals surface area contributed by atoms with Crippen LogP contribution < -0.4 is 0 Å². The highest BCUT2D eigenvalue weighted by Gasteiger charge is 2.19. The van der Waals surface area contributed by atoms with Crippen LogP contribution in [0.3, 0.4) is 0 Å². The number of hydrogen-bond acceptors (Lipinski definition) is 3. The lowest BCUT2D eigenvalue weighted by Gasteiger charge is -2.11. The summed E-state index contributed by atoms with van der Waals surface area (Å²) in [4.78, 5) is 11.6. The Kier molecular flexibility index (Phi) is 3.69. The van der Waals surface area contributed by atoms with Crippen molar-refractivity contribution in [1.82, 2.24) is 4.57 Å². The molecular formula is C17H15NO4S. The number of benzene rings is 2. The molecule has 1 atom stereocenters. The third-order valence-corrected chi connectivity index (χ3v) is 4.74. The molecule has 0 bridgehead atoms. The zero-order valence-corrected chi connectivity index (χ0v) is 13.4. The van der Waals surface area contributed by atoms with Crippen LogP contribution in [0.5, 0.6) is 5.75 Å². The van der Waals surface area contributed by atoms with Gasteiger partial charge in [0, 0.05) is 30.6 Å². The first-order valence-electron chi connectivity index (χ1n) is 6.88. The van der Waals surface area contributed by atoms with Crippen LogP contribution in [0.4, 0.5) is 0 Å². The van der Waals surface area contributed by atoms with E-state index in [0.717, 1.165) is 10.8 Å². The molecule has 1 heterocycles. The highest BCUT2D eigenvalue weighted by atomic mass is 32.2. The van der Waals surface area contributed by atoms with Gasteiger partial charge in [0.25, 0.3) is 0 Å². The molecule has 5 nitrogen and oxygen atoms in total. The van der Waals surface area contributed by atoms with Crippen molar-refractivity contribution in [1.29, 1.82) is 0 Å². The molecule has 0 aliphatic heterocycles. The molecule has 0 saturated heterocycles. The predicted molar refractivity (Wildman–Crippen MR) is 89.3 cm³/mol. The lowest BCUT2D eigenvalue weighted by molar-refractivity contribution is 0.0686. The summed E-state index contributed by atoms with van der Waals surface area (Å²) in [5, 5.41) is 21.4. The lowest BCUT2D eigenvalue weighted by atomic mass is 9.99. The Morgan fingerprint density at radius 1 is 1.22 bits per heavy atom. The number of fused-ring (bicyclic) bond motifs is 1. The van der Waals surface area contributed by atoms with E-state index in [2.05, 4.69) is 0 Å². The summed E-state index contributed by atoms with van der Waals surface area (Å²) < 4.78 is 13.4. The fourth-order valence-corrected chi connectivity index (χ4v) is 3.40. The lowest BCUT2D eigenvalue weighted by Crippen LogP contribution is -2.02. The molecule has 0 fully saturated rings. The maximum atomic E-state index is 11.9. The quantitative estimate of drug-likeness (QED) is 0.774. The molecule has 6 heteroatoms. The molecule has 3 rings (SSSR count). The molecule has 3 aromatic rings. The number of rotatable bonds is 3. The first-order valence-corrected chi connectivity index (χ1v) is 8.44. The van der Waals surface area contributed by atoms with E-state index in [1.165, 1.54) is 16.9 Å². The van der Waals surface area contributed by atoms with E-state index in [4.69, 9.17) is 0 Å². The van der Waals surface area contributed by atoms with E-state index >= 15 is 0 Å². The van der Waals surface area contributed by atoms with Crippen LogP contribution in [-0.4, -0.2) is 31.2 Å². The van der Waals surface area contributed by atoms with Crippen molar-refractivity contribution >= 4 is 27.5 Å². The average molecular weight is 329 g/mol. The summed E-state index contributed by atoms with van der Waals surface area (Å²) >= 11 is 0. The van der Waals surface area contributed by atoms with Crippen molar-refractivity contribution in [3.05, 3.63) is 48.3 Å². The summed E-state index contributed by atoms with van der Waals surface area (Å²) in [6.07, 6.45) is 3.15. The molecule has 118 valence electrons. The standard InChI is InChI=1S/C17H15NO4S/c1-18-9-11(7-13(18)17(20)21)15-12-6-4-3-5-10(12)8-14(16(15)19)23(2)22/h3-9,19H,1-2H3,(H,20,21). The van der Waals surface area contributed by atoms with Crippen LogP contribution in [0.2, 0.25) is 0 Å². The third kappa shape index (κ3) is 2.51. The van der Waals surface area contributed by atoms with Gasteiger partial charge in [-0.05, 0) is 22.9 Å². The van der Waals surface area contributed by atoms with Gasteiger partial charge in [-0.15, -0.1) is 0 Å². The highest BCUT2D eigenvalue weighted by molar-refractivity contribution is 7.84. The highest BCUT2D eigenvalue weighted by Crippen LogP contribution is 2.40. The number of aromatic carboxylic acids is 1. The van der Waals surface area contributed by atoms with Gasteiger partial charge in [0.15, 0.2) is 0 Å². The zero-order valence-electron chi connectivity index (χ0n) is 12.6. The number of aryl methyl sites for hydroxylation is 1. The van der Waals surface area contributed by atoms with Gasteiger partial charge >= 0.3 is 5.97 Å². The maximum Gasteiger partial charge on any atom is 0.352 e. The number of hydrogen-bond donors (Lipinski definition) is 2. The molecule has 0 saturated carbocycles. The molecule has 0 spiro atoms. The number of phenolic OH excluding ortho intramolecular Hbond substituents is 1. The topological polar surface area (TPSA) is 79.5 Å². The van der Waals surface area contributed by atoms with Gasteiger partial charge in [-0.1, -0.05) is 24.3 Å². The van der Waals surface area contributed by atoms with Crippen LogP contribution in [-0.2, 0) is 17.8 Å². The van der Waals surface area contributed by atoms with Crippen molar-refractivity contribution in [3.8, 4) is 16.9 Å². The van der Waals surface area contributed by atoms with Gasteiger partial charge in [0.1, 0.15) is 11.4 Å². The number of aromatic hydroxyl groups is 1. The minimum atomic E-state index is -1.36. The van der Waals surface area contributed by atoms with E-state index in [0.29, 0.717) is 16.0 Å².